The summed E-state index contributed by atoms with van der Waals surface area (Å²) in [5.41, 5.74) is 1.84. The minimum Gasteiger partial charge on any atom is -0.360 e. The number of carbonyl (C=O) groups is 1. The number of carbonyl (C=O) groups excluding carboxylic acids is 1. The van der Waals surface area contributed by atoms with Gasteiger partial charge < -0.3 is 4.98 Å². The van der Waals surface area contributed by atoms with Crippen LogP contribution in [0.2, 0.25) is 0 Å². The zero-order valence-corrected chi connectivity index (χ0v) is 9.43. The average Bonchev–Trinajstić information content (AvgIpc) is 2.69. The van der Waals surface area contributed by atoms with Crippen LogP contribution in [0.1, 0.15) is 17.3 Å². The van der Waals surface area contributed by atoms with Crippen LogP contribution in [-0.4, -0.2) is 22.3 Å². The van der Waals surface area contributed by atoms with Crippen molar-refractivity contribution >= 4 is 28.4 Å². The third-order valence-electron chi connectivity index (χ3n) is 2.33. The first-order valence-corrected chi connectivity index (χ1v) is 6.15. The highest BCUT2D eigenvalue weighted by Gasteiger charge is 2.10. The summed E-state index contributed by atoms with van der Waals surface area (Å²) in [4.78, 5) is 15.0. The molecule has 0 aliphatic heterocycles. The summed E-state index contributed by atoms with van der Waals surface area (Å²) in [6.45, 7) is 2.06. The van der Waals surface area contributed by atoms with Crippen LogP contribution in [0, 0.1) is 0 Å². The monoisotopic (exact) mass is 219 g/mol. The van der Waals surface area contributed by atoms with Crippen molar-refractivity contribution in [3.05, 3.63) is 36.0 Å². The summed E-state index contributed by atoms with van der Waals surface area (Å²) in [6, 6.07) is 7.89. The van der Waals surface area contributed by atoms with Gasteiger partial charge in [0.15, 0.2) is 5.78 Å². The number of fused-ring (bicyclic) bond motifs is 1. The maximum absolute atomic E-state index is 11.8. The van der Waals surface area contributed by atoms with Crippen molar-refractivity contribution in [2.75, 3.05) is 11.5 Å². The number of aromatic amines is 1. The van der Waals surface area contributed by atoms with Crippen LogP contribution in [0.25, 0.3) is 10.9 Å². The van der Waals surface area contributed by atoms with E-state index in [4.69, 9.17) is 0 Å². The topological polar surface area (TPSA) is 32.9 Å². The van der Waals surface area contributed by atoms with E-state index < -0.39 is 0 Å². The van der Waals surface area contributed by atoms with Crippen LogP contribution in [0.15, 0.2) is 30.5 Å². The first-order valence-electron chi connectivity index (χ1n) is 5.00. The molecule has 78 valence electrons. The van der Waals surface area contributed by atoms with Crippen molar-refractivity contribution in [3.8, 4) is 0 Å². The number of Topliss-reactive ketones (excluding diaryl/α,β-unsaturated/α-hetero) is 1. The zero-order chi connectivity index (χ0) is 10.7. The van der Waals surface area contributed by atoms with Crippen molar-refractivity contribution in [2.24, 2.45) is 0 Å². The molecule has 15 heavy (non-hydrogen) atoms. The van der Waals surface area contributed by atoms with Crippen molar-refractivity contribution in [1.29, 1.82) is 0 Å². The molecule has 1 heterocycles. The van der Waals surface area contributed by atoms with Gasteiger partial charge in [-0.2, -0.15) is 11.8 Å². The molecule has 0 aliphatic carbocycles. The number of hydrogen-bond acceptors (Lipinski definition) is 2. The van der Waals surface area contributed by atoms with Crippen molar-refractivity contribution < 1.29 is 4.79 Å². The molecule has 3 heteroatoms. The quantitative estimate of drug-likeness (QED) is 0.801. The molecule has 1 aromatic heterocycles. The maximum Gasteiger partial charge on any atom is 0.174 e. The van der Waals surface area contributed by atoms with Crippen LogP contribution in [0.4, 0.5) is 0 Å². The fraction of sp³-hybridized carbons (Fsp3) is 0.250. The molecule has 1 aromatic carbocycles. The summed E-state index contributed by atoms with van der Waals surface area (Å²) in [7, 11) is 0. The number of H-pyrrole nitrogens is 1. The normalized spacial score (nSPS) is 10.7. The lowest BCUT2D eigenvalue weighted by atomic mass is 10.1. The van der Waals surface area contributed by atoms with Gasteiger partial charge in [-0.05, 0) is 11.8 Å². The Morgan fingerprint density at radius 3 is 3.00 bits per heavy atom. The molecule has 0 bridgehead atoms. The molecule has 2 aromatic rings. The van der Waals surface area contributed by atoms with E-state index in [1.54, 1.807) is 11.8 Å². The molecule has 2 rings (SSSR count). The van der Waals surface area contributed by atoms with Crippen LogP contribution in [0.3, 0.4) is 0 Å². The number of nitrogens with one attached hydrogen (secondary N) is 1. The predicted octanol–water partition coefficient (Wildman–Crippen LogP) is 3.10. The first kappa shape index (κ1) is 10.3. The molecule has 0 saturated heterocycles. The summed E-state index contributed by atoms with van der Waals surface area (Å²) in [5, 5.41) is 1.03. The van der Waals surface area contributed by atoms with Gasteiger partial charge in [0.25, 0.3) is 0 Å². The van der Waals surface area contributed by atoms with Gasteiger partial charge in [-0.15, -0.1) is 0 Å². The fourth-order valence-corrected chi connectivity index (χ4v) is 2.12. The molecule has 0 saturated carbocycles. The molecular weight excluding hydrogens is 206 g/mol. The Hall–Kier alpha value is -1.22. The highest BCUT2D eigenvalue weighted by atomic mass is 32.2. The maximum atomic E-state index is 11.8. The lowest BCUT2D eigenvalue weighted by molar-refractivity contribution is 0.102. The SMILES string of the molecule is CCSCC(=O)c1c[nH]c2ccccc12. The molecule has 0 atom stereocenters. The Bertz CT molecular complexity index is 475. The largest absolute Gasteiger partial charge is 0.360 e. The Balaban J connectivity index is 2.31. The van der Waals surface area contributed by atoms with E-state index in [0.29, 0.717) is 5.75 Å². The third kappa shape index (κ3) is 2.07. The molecule has 0 aliphatic rings. The summed E-state index contributed by atoms with van der Waals surface area (Å²) >= 11 is 1.66. The minimum absolute atomic E-state index is 0.208. The van der Waals surface area contributed by atoms with E-state index in [1.165, 1.54) is 0 Å². The summed E-state index contributed by atoms with van der Waals surface area (Å²) in [5.74, 6) is 1.76. The van der Waals surface area contributed by atoms with Crippen molar-refractivity contribution in [1.82, 2.24) is 4.98 Å². The second-order valence-corrected chi connectivity index (χ2v) is 4.58. The van der Waals surface area contributed by atoms with E-state index in [2.05, 4.69) is 11.9 Å². The fourth-order valence-electron chi connectivity index (χ4n) is 1.57. The lowest BCUT2D eigenvalue weighted by Gasteiger charge is -1.97. The van der Waals surface area contributed by atoms with Crippen LogP contribution < -0.4 is 0 Å². The number of rotatable bonds is 4. The number of hydrogen-bond donors (Lipinski definition) is 1. The Labute approximate surface area is 93.1 Å². The van der Waals surface area contributed by atoms with Crippen LogP contribution >= 0.6 is 11.8 Å². The predicted molar refractivity (Wildman–Crippen MR) is 65.6 cm³/mol. The van der Waals surface area contributed by atoms with Crippen molar-refractivity contribution in [2.45, 2.75) is 6.92 Å². The van der Waals surface area contributed by atoms with Gasteiger partial charge in [0.1, 0.15) is 0 Å². The Kier molecular flexibility index (Phi) is 3.11. The molecule has 0 fully saturated rings. The Morgan fingerprint density at radius 2 is 2.20 bits per heavy atom. The zero-order valence-electron chi connectivity index (χ0n) is 8.62. The van der Waals surface area contributed by atoms with Crippen molar-refractivity contribution in [3.63, 3.8) is 0 Å². The summed E-state index contributed by atoms with van der Waals surface area (Å²) in [6.07, 6.45) is 1.81. The number of aromatic nitrogens is 1. The Morgan fingerprint density at radius 1 is 1.40 bits per heavy atom. The average molecular weight is 219 g/mol. The molecule has 0 radical (unpaired) electrons. The van der Waals surface area contributed by atoms with E-state index in [0.717, 1.165) is 22.2 Å². The molecular formula is C12H13NOS. The van der Waals surface area contributed by atoms with Crippen LogP contribution in [0.5, 0.6) is 0 Å². The van der Waals surface area contributed by atoms with Gasteiger partial charge in [0, 0.05) is 22.7 Å². The van der Waals surface area contributed by atoms with Gasteiger partial charge in [0.05, 0.1) is 5.75 Å². The van der Waals surface area contributed by atoms with E-state index >= 15 is 0 Å². The molecule has 0 unspecified atom stereocenters. The number of benzene rings is 1. The second kappa shape index (κ2) is 4.53. The molecule has 1 N–H and O–H groups in total. The van der Waals surface area contributed by atoms with Gasteiger partial charge in [-0.25, -0.2) is 0 Å². The number of thioether (sulfide) groups is 1. The van der Waals surface area contributed by atoms with Gasteiger partial charge >= 0.3 is 0 Å². The number of ketones is 1. The lowest BCUT2D eigenvalue weighted by Crippen LogP contribution is -2.01. The van der Waals surface area contributed by atoms with E-state index in [1.807, 2.05) is 30.5 Å². The van der Waals surface area contributed by atoms with Crippen LogP contribution in [-0.2, 0) is 0 Å². The standard InChI is InChI=1S/C12H13NOS/c1-2-15-8-12(14)10-7-13-11-6-4-3-5-9(10)11/h3-7,13H,2,8H2,1H3. The van der Waals surface area contributed by atoms with Gasteiger partial charge in [-0.1, -0.05) is 25.1 Å². The highest BCUT2D eigenvalue weighted by Crippen LogP contribution is 2.19. The molecule has 0 spiro atoms. The van der Waals surface area contributed by atoms with Gasteiger partial charge in [0.2, 0.25) is 0 Å². The number of para-hydroxylation sites is 1. The van der Waals surface area contributed by atoms with E-state index in [-0.39, 0.29) is 5.78 Å². The molecule has 2 nitrogen and oxygen atoms in total. The summed E-state index contributed by atoms with van der Waals surface area (Å²) < 4.78 is 0. The molecule has 0 amide bonds. The van der Waals surface area contributed by atoms with Gasteiger partial charge in [-0.3, -0.25) is 4.79 Å². The van der Waals surface area contributed by atoms with E-state index in [9.17, 15) is 4.79 Å². The highest BCUT2D eigenvalue weighted by molar-refractivity contribution is 7.99. The smallest absolute Gasteiger partial charge is 0.174 e. The minimum atomic E-state index is 0.208. The first-order chi connectivity index (χ1) is 7.33. The second-order valence-electron chi connectivity index (χ2n) is 3.31. The third-order valence-corrected chi connectivity index (χ3v) is 3.20.